The minimum Gasteiger partial charge on any atom is -0.487 e. The quantitative estimate of drug-likeness (QED) is 0.564. The van der Waals surface area contributed by atoms with Gasteiger partial charge in [-0.05, 0) is 47.1 Å². The molecular weight excluding hydrogens is 454 g/mol. The summed E-state index contributed by atoms with van der Waals surface area (Å²) in [5.74, 6) is -0.727. The summed E-state index contributed by atoms with van der Waals surface area (Å²) in [4.78, 5) is 25.5. The van der Waals surface area contributed by atoms with E-state index in [0.29, 0.717) is 22.8 Å². The standard InChI is InChI=1S/C19H15BrF2N2O5/c1-9-15(14-5-4-12(29-14)8-28-19(23)26)17(16(20)18(25)24-9)27-7-10-2-3-11(21)6-13(10)22/h2-6H,7-8H2,1H3,(H2,23,26)(H,24,25). The molecule has 0 saturated carbocycles. The lowest BCUT2D eigenvalue weighted by atomic mass is 10.1. The third kappa shape index (κ3) is 4.65. The first-order valence-corrected chi connectivity index (χ1v) is 9.06. The lowest BCUT2D eigenvalue weighted by Gasteiger charge is -2.14. The number of nitrogens with two attached hydrogens (primary N) is 1. The Morgan fingerprint density at radius 3 is 2.69 bits per heavy atom. The van der Waals surface area contributed by atoms with Crippen LogP contribution in [0.1, 0.15) is 17.0 Å². The highest BCUT2D eigenvalue weighted by Gasteiger charge is 2.21. The van der Waals surface area contributed by atoms with Crippen molar-refractivity contribution in [3.05, 3.63) is 73.8 Å². The summed E-state index contributed by atoms with van der Waals surface area (Å²) in [5, 5.41) is 0. The fourth-order valence-electron chi connectivity index (χ4n) is 2.62. The molecule has 0 atom stereocenters. The fourth-order valence-corrected chi connectivity index (χ4v) is 3.04. The zero-order valence-corrected chi connectivity index (χ0v) is 16.6. The Morgan fingerprint density at radius 1 is 1.24 bits per heavy atom. The molecule has 3 N–H and O–H groups in total. The molecule has 2 aromatic heterocycles. The molecule has 0 aliphatic carbocycles. The number of primary amides is 1. The molecule has 0 spiro atoms. The number of aromatic amines is 1. The van der Waals surface area contributed by atoms with Gasteiger partial charge in [-0.1, -0.05) is 0 Å². The molecule has 10 heteroatoms. The number of aryl methyl sites for hydroxylation is 1. The maximum absolute atomic E-state index is 13.9. The molecule has 0 aliphatic rings. The number of benzene rings is 1. The third-order valence-electron chi connectivity index (χ3n) is 3.95. The number of amides is 1. The van der Waals surface area contributed by atoms with Gasteiger partial charge in [0.25, 0.3) is 5.56 Å². The Bertz CT molecular complexity index is 1130. The average Bonchev–Trinajstić information content (AvgIpc) is 3.11. The lowest BCUT2D eigenvalue weighted by Crippen LogP contribution is -2.13. The largest absolute Gasteiger partial charge is 0.487 e. The van der Waals surface area contributed by atoms with Crippen LogP contribution >= 0.6 is 15.9 Å². The van der Waals surface area contributed by atoms with Crippen LogP contribution in [0.25, 0.3) is 11.3 Å². The monoisotopic (exact) mass is 468 g/mol. The van der Waals surface area contributed by atoms with E-state index in [-0.39, 0.29) is 29.0 Å². The number of aromatic nitrogens is 1. The molecule has 0 unspecified atom stereocenters. The zero-order chi connectivity index (χ0) is 21.1. The van der Waals surface area contributed by atoms with Gasteiger partial charge in [-0.15, -0.1) is 0 Å². The van der Waals surface area contributed by atoms with E-state index in [1.54, 1.807) is 19.1 Å². The molecule has 7 nitrogen and oxygen atoms in total. The van der Waals surface area contributed by atoms with E-state index in [2.05, 4.69) is 25.7 Å². The first-order chi connectivity index (χ1) is 13.8. The first kappa shape index (κ1) is 20.6. The van der Waals surface area contributed by atoms with Gasteiger partial charge in [-0.3, -0.25) is 4.79 Å². The summed E-state index contributed by atoms with van der Waals surface area (Å²) in [6, 6.07) is 6.27. The maximum atomic E-state index is 13.9. The van der Waals surface area contributed by atoms with E-state index in [0.717, 1.165) is 12.1 Å². The van der Waals surface area contributed by atoms with Gasteiger partial charge in [0.05, 0.1) is 5.56 Å². The van der Waals surface area contributed by atoms with E-state index in [4.69, 9.17) is 14.9 Å². The van der Waals surface area contributed by atoms with Crippen LogP contribution < -0.4 is 16.0 Å². The van der Waals surface area contributed by atoms with Crippen molar-refractivity contribution in [2.45, 2.75) is 20.1 Å². The molecule has 0 saturated heterocycles. The van der Waals surface area contributed by atoms with Crippen molar-refractivity contribution >= 4 is 22.0 Å². The minimum absolute atomic E-state index is 0.0759. The van der Waals surface area contributed by atoms with Crippen molar-refractivity contribution in [2.24, 2.45) is 5.73 Å². The molecule has 29 heavy (non-hydrogen) atoms. The molecule has 0 bridgehead atoms. The van der Waals surface area contributed by atoms with E-state index in [1.807, 2.05) is 0 Å². The highest BCUT2D eigenvalue weighted by Crippen LogP contribution is 2.37. The van der Waals surface area contributed by atoms with Crippen molar-refractivity contribution < 1.29 is 27.5 Å². The van der Waals surface area contributed by atoms with Gasteiger partial charge in [0.15, 0.2) is 12.4 Å². The summed E-state index contributed by atoms with van der Waals surface area (Å²) in [6.07, 6.45) is -0.948. The number of rotatable bonds is 6. The van der Waals surface area contributed by atoms with Gasteiger partial charge in [0, 0.05) is 17.3 Å². The van der Waals surface area contributed by atoms with E-state index in [1.165, 1.54) is 6.07 Å². The summed E-state index contributed by atoms with van der Waals surface area (Å²) in [6.45, 7) is 1.21. The number of pyridine rings is 1. The molecule has 1 aromatic carbocycles. The van der Waals surface area contributed by atoms with Gasteiger partial charge >= 0.3 is 6.09 Å². The topological polar surface area (TPSA) is 108 Å². The van der Waals surface area contributed by atoms with Crippen molar-refractivity contribution in [1.82, 2.24) is 4.98 Å². The Morgan fingerprint density at radius 2 is 2.00 bits per heavy atom. The first-order valence-electron chi connectivity index (χ1n) is 8.26. The van der Waals surface area contributed by atoms with Crippen LogP contribution in [0.2, 0.25) is 0 Å². The summed E-state index contributed by atoms with van der Waals surface area (Å²) < 4.78 is 43.1. The molecule has 2 heterocycles. The molecule has 0 fully saturated rings. The molecule has 3 rings (SSSR count). The molecular formula is C19H15BrF2N2O5. The number of carbonyl (C=O) groups is 1. The smallest absolute Gasteiger partial charge is 0.404 e. The Kier molecular flexibility index (Phi) is 6.02. The van der Waals surface area contributed by atoms with E-state index in [9.17, 15) is 18.4 Å². The number of H-pyrrole nitrogens is 1. The highest BCUT2D eigenvalue weighted by molar-refractivity contribution is 9.10. The second-order valence-electron chi connectivity index (χ2n) is 6.00. The SMILES string of the molecule is Cc1[nH]c(=O)c(Br)c(OCc2ccc(F)cc2F)c1-c1ccc(COC(N)=O)o1. The normalized spacial score (nSPS) is 10.8. The predicted molar refractivity (Wildman–Crippen MR) is 102 cm³/mol. The van der Waals surface area contributed by atoms with Gasteiger partial charge in [-0.2, -0.15) is 0 Å². The number of hydrogen-bond donors (Lipinski definition) is 2. The second-order valence-corrected chi connectivity index (χ2v) is 6.79. The van der Waals surface area contributed by atoms with Crippen LogP contribution in [0.3, 0.4) is 0 Å². The molecule has 0 aliphatic heterocycles. The number of carbonyl (C=O) groups excluding carboxylic acids is 1. The minimum atomic E-state index is -0.948. The average molecular weight is 469 g/mol. The second kappa shape index (κ2) is 8.48. The van der Waals surface area contributed by atoms with Gasteiger partial charge in [0.2, 0.25) is 0 Å². The van der Waals surface area contributed by atoms with E-state index < -0.39 is 23.3 Å². The summed E-state index contributed by atoms with van der Waals surface area (Å²) >= 11 is 3.17. The van der Waals surface area contributed by atoms with Crippen LogP contribution in [0.4, 0.5) is 13.6 Å². The molecule has 0 radical (unpaired) electrons. The van der Waals surface area contributed by atoms with Crippen LogP contribution in [-0.2, 0) is 18.0 Å². The number of nitrogens with one attached hydrogen (secondary N) is 1. The number of ether oxygens (including phenoxy) is 2. The lowest BCUT2D eigenvalue weighted by molar-refractivity contribution is 0.141. The van der Waals surface area contributed by atoms with Gasteiger partial charge < -0.3 is 24.6 Å². The van der Waals surface area contributed by atoms with Crippen LogP contribution in [0.15, 0.2) is 44.0 Å². The number of furan rings is 1. The zero-order valence-electron chi connectivity index (χ0n) is 15.1. The van der Waals surface area contributed by atoms with Crippen molar-refractivity contribution in [3.8, 4) is 17.1 Å². The summed E-state index contributed by atoms with van der Waals surface area (Å²) in [5.41, 5.74) is 5.43. The Balaban J connectivity index is 1.96. The molecule has 1 amide bonds. The Hall–Kier alpha value is -3.14. The summed E-state index contributed by atoms with van der Waals surface area (Å²) in [7, 11) is 0. The fraction of sp³-hybridized carbons (Fsp3) is 0.158. The van der Waals surface area contributed by atoms with Crippen molar-refractivity contribution in [2.75, 3.05) is 0 Å². The van der Waals surface area contributed by atoms with Crippen molar-refractivity contribution in [1.29, 1.82) is 0 Å². The van der Waals surface area contributed by atoms with Crippen molar-refractivity contribution in [3.63, 3.8) is 0 Å². The highest BCUT2D eigenvalue weighted by atomic mass is 79.9. The number of hydrogen-bond acceptors (Lipinski definition) is 5. The predicted octanol–water partition coefficient (Wildman–Crippen LogP) is 4.16. The van der Waals surface area contributed by atoms with Gasteiger partial charge in [0.1, 0.15) is 34.2 Å². The third-order valence-corrected chi connectivity index (χ3v) is 4.67. The molecule has 3 aromatic rings. The maximum Gasteiger partial charge on any atom is 0.404 e. The van der Waals surface area contributed by atoms with Crippen LogP contribution in [0.5, 0.6) is 5.75 Å². The number of halogens is 3. The van der Waals surface area contributed by atoms with E-state index >= 15 is 0 Å². The molecule has 152 valence electrons. The van der Waals surface area contributed by atoms with Crippen LogP contribution in [-0.4, -0.2) is 11.1 Å². The van der Waals surface area contributed by atoms with Gasteiger partial charge in [-0.25, -0.2) is 13.6 Å². The Labute approximate surface area is 171 Å². The van der Waals surface area contributed by atoms with Crippen LogP contribution in [0, 0.1) is 18.6 Å².